The fraction of sp³-hybridized carbons (Fsp3) is 0.417. The van der Waals surface area contributed by atoms with E-state index >= 15 is 0 Å². The maximum atomic E-state index is 13.7. The van der Waals surface area contributed by atoms with Crippen molar-refractivity contribution in [1.29, 1.82) is 0 Å². The molecule has 1 aliphatic heterocycles. The predicted molar refractivity (Wildman–Crippen MR) is 73.2 cm³/mol. The molecule has 1 aromatic carbocycles. The van der Waals surface area contributed by atoms with Crippen LogP contribution in [0.25, 0.3) is 0 Å². The minimum Gasteiger partial charge on any atom is -0.478 e. The van der Waals surface area contributed by atoms with Crippen molar-refractivity contribution in [3.63, 3.8) is 0 Å². The smallest absolute Gasteiger partial charge is 0.338 e. The molecule has 0 aromatic heterocycles. The van der Waals surface area contributed by atoms with Crippen LogP contribution in [0.15, 0.2) is 12.1 Å². The molecule has 0 saturated carbocycles. The highest BCUT2D eigenvalue weighted by molar-refractivity contribution is 7.91. The monoisotopic (exact) mass is 302 g/mol. The molecule has 1 fully saturated rings. The number of rotatable bonds is 2. The molecule has 1 aliphatic rings. The second-order valence-electron chi connectivity index (χ2n) is 4.85. The van der Waals surface area contributed by atoms with Gasteiger partial charge in [-0.05, 0) is 13.0 Å². The summed E-state index contributed by atoms with van der Waals surface area (Å²) in [5, 5.41) is 8.82. The van der Waals surface area contributed by atoms with E-state index in [9.17, 15) is 17.6 Å². The number of anilines is 2. The van der Waals surface area contributed by atoms with Crippen LogP contribution in [0.1, 0.15) is 17.3 Å². The molecule has 8 heteroatoms. The molecule has 6 nitrogen and oxygen atoms in total. The van der Waals surface area contributed by atoms with Crippen LogP contribution in [-0.4, -0.2) is 43.6 Å². The first-order valence-electron chi connectivity index (χ1n) is 6.00. The average molecular weight is 302 g/mol. The summed E-state index contributed by atoms with van der Waals surface area (Å²) in [5.41, 5.74) is 5.72. The topological polar surface area (TPSA) is 101 Å². The number of sulfone groups is 1. The van der Waals surface area contributed by atoms with E-state index in [0.29, 0.717) is 5.69 Å². The summed E-state index contributed by atoms with van der Waals surface area (Å²) in [6.07, 6.45) is 0. The van der Waals surface area contributed by atoms with Crippen molar-refractivity contribution in [3.05, 3.63) is 23.5 Å². The average Bonchev–Trinajstić information content (AvgIpc) is 2.31. The van der Waals surface area contributed by atoms with Crippen molar-refractivity contribution >= 4 is 27.2 Å². The molecular formula is C12H15FN2O4S. The normalized spacial score (nSPS) is 21.7. The second kappa shape index (κ2) is 4.93. The van der Waals surface area contributed by atoms with Crippen LogP contribution < -0.4 is 10.6 Å². The zero-order valence-corrected chi connectivity index (χ0v) is 11.7. The van der Waals surface area contributed by atoms with Gasteiger partial charge < -0.3 is 15.7 Å². The first-order valence-corrected chi connectivity index (χ1v) is 7.83. The lowest BCUT2D eigenvalue weighted by Gasteiger charge is -2.35. The van der Waals surface area contributed by atoms with E-state index < -0.39 is 27.2 Å². The number of halogens is 1. The summed E-state index contributed by atoms with van der Waals surface area (Å²) in [4.78, 5) is 12.5. The quantitative estimate of drug-likeness (QED) is 0.781. The molecule has 0 radical (unpaired) electrons. The Kier molecular flexibility index (Phi) is 3.59. The molecular weight excluding hydrogens is 287 g/mol. The third-order valence-corrected chi connectivity index (χ3v) is 5.12. The van der Waals surface area contributed by atoms with Gasteiger partial charge in [0.2, 0.25) is 0 Å². The highest BCUT2D eigenvalue weighted by atomic mass is 32.2. The maximum absolute atomic E-state index is 13.7. The Balaban J connectivity index is 2.39. The third kappa shape index (κ3) is 2.69. The molecule has 2 rings (SSSR count). The molecule has 1 atom stereocenters. The fourth-order valence-electron chi connectivity index (χ4n) is 2.35. The highest BCUT2D eigenvalue weighted by Gasteiger charge is 2.30. The Labute approximate surface area is 115 Å². The molecule has 0 spiro atoms. The molecule has 110 valence electrons. The Morgan fingerprint density at radius 1 is 1.50 bits per heavy atom. The molecule has 0 amide bonds. The van der Waals surface area contributed by atoms with E-state index in [0.717, 1.165) is 12.1 Å². The van der Waals surface area contributed by atoms with Crippen LogP contribution in [0.2, 0.25) is 0 Å². The SMILES string of the molecule is CC1CS(=O)(=O)CCN1c1cc(F)c(C(=O)O)cc1N. The van der Waals surface area contributed by atoms with Crippen molar-refractivity contribution in [2.75, 3.05) is 28.7 Å². The Morgan fingerprint density at radius 3 is 2.70 bits per heavy atom. The summed E-state index contributed by atoms with van der Waals surface area (Å²) < 4.78 is 36.8. The van der Waals surface area contributed by atoms with Crippen molar-refractivity contribution < 1.29 is 22.7 Å². The summed E-state index contributed by atoms with van der Waals surface area (Å²) in [7, 11) is -3.09. The first kappa shape index (κ1) is 14.6. The molecule has 0 bridgehead atoms. The molecule has 0 aliphatic carbocycles. The molecule has 1 unspecified atom stereocenters. The van der Waals surface area contributed by atoms with E-state index in [1.165, 1.54) is 0 Å². The minimum atomic E-state index is -3.09. The van der Waals surface area contributed by atoms with Gasteiger partial charge in [0, 0.05) is 18.7 Å². The van der Waals surface area contributed by atoms with Gasteiger partial charge >= 0.3 is 5.97 Å². The van der Waals surface area contributed by atoms with E-state index in [1.807, 2.05) is 0 Å². The van der Waals surface area contributed by atoms with Gasteiger partial charge in [0.25, 0.3) is 0 Å². The number of hydrogen-bond donors (Lipinski definition) is 2. The summed E-state index contributed by atoms with van der Waals surface area (Å²) in [6, 6.07) is 1.77. The largest absolute Gasteiger partial charge is 0.478 e. The van der Waals surface area contributed by atoms with Gasteiger partial charge in [-0.2, -0.15) is 0 Å². The van der Waals surface area contributed by atoms with E-state index in [1.54, 1.807) is 11.8 Å². The van der Waals surface area contributed by atoms with Gasteiger partial charge in [0.15, 0.2) is 9.84 Å². The Bertz CT molecular complexity index is 660. The molecule has 1 aromatic rings. The zero-order chi connectivity index (χ0) is 15.1. The number of carbonyl (C=O) groups is 1. The second-order valence-corrected chi connectivity index (χ2v) is 7.08. The van der Waals surface area contributed by atoms with Gasteiger partial charge in [-0.25, -0.2) is 17.6 Å². The Morgan fingerprint density at radius 2 is 2.15 bits per heavy atom. The van der Waals surface area contributed by atoms with Crippen molar-refractivity contribution in [3.8, 4) is 0 Å². The number of nitrogen functional groups attached to an aromatic ring is 1. The summed E-state index contributed by atoms with van der Waals surface area (Å²) in [5.74, 6) is -2.34. The molecule has 3 N–H and O–H groups in total. The van der Waals surface area contributed by atoms with E-state index in [2.05, 4.69) is 0 Å². The van der Waals surface area contributed by atoms with Crippen LogP contribution in [0.3, 0.4) is 0 Å². The molecule has 1 heterocycles. The fourth-order valence-corrected chi connectivity index (χ4v) is 3.91. The summed E-state index contributed by atoms with van der Waals surface area (Å²) >= 11 is 0. The predicted octanol–water partition coefficient (Wildman–Crippen LogP) is 0.729. The van der Waals surface area contributed by atoms with Gasteiger partial charge in [-0.1, -0.05) is 0 Å². The lowest BCUT2D eigenvalue weighted by molar-refractivity contribution is 0.0692. The van der Waals surface area contributed by atoms with Crippen LogP contribution in [0.5, 0.6) is 0 Å². The number of benzene rings is 1. The molecule has 1 saturated heterocycles. The van der Waals surface area contributed by atoms with Crippen molar-refractivity contribution in [1.82, 2.24) is 0 Å². The number of nitrogens with zero attached hydrogens (tertiary/aromatic N) is 1. The minimum absolute atomic E-state index is 0.0287. The van der Waals surface area contributed by atoms with Gasteiger partial charge in [0.1, 0.15) is 5.82 Å². The number of carboxylic acids is 1. The van der Waals surface area contributed by atoms with Crippen LogP contribution in [0, 0.1) is 5.82 Å². The third-order valence-electron chi connectivity index (χ3n) is 3.33. The van der Waals surface area contributed by atoms with Crippen molar-refractivity contribution in [2.24, 2.45) is 0 Å². The van der Waals surface area contributed by atoms with Gasteiger partial charge in [0.05, 0.1) is 28.4 Å². The lowest BCUT2D eigenvalue weighted by Crippen LogP contribution is -2.47. The first-order chi connectivity index (χ1) is 9.21. The standard InChI is InChI=1S/C12H15FN2O4S/c1-7-6-20(18,19)3-2-15(7)11-5-9(13)8(12(16)17)4-10(11)14/h4-5,7H,2-3,6,14H2,1H3,(H,16,17). The van der Waals surface area contributed by atoms with E-state index in [-0.39, 0.29) is 29.8 Å². The number of carboxylic acid groups (broad SMARTS) is 1. The van der Waals surface area contributed by atoms with Gasteiger partial charge in [-0.15, -0.1) is 0 Å². The number of aromatic carboxylic acids is 1. The zero-order valence-electron chi connectivity index (χ0n) is 10.8. The summed E-state index contributed by atoms with van der Waals surface area (Å²) in [6.45, 7) is 1.92. The van der Waals surface area contributed by atoms with Crippen LogP contribution >= 0.6 is 0 Å². The van der Waals surface area contributed by atoms with E-state index in [4.69, 9.17) is 10.8 Å². The molecule has 20 heavy (non-hydrogen) atoms. The number of hydrogen-bond acceptors (Lipinski definition) is 5. The van der Waals surface area contributed by atoms with Crippen molar-refractivity contribution in [2.45, 2.75) is 13.0 Å². The Hall–Kier alpha value is -1.83. The lowest BCUT2D eigenvalue weighted by atomic mass is 10.1. The number of nitrogens with two attached hydrogens (primary N) is 1. The van der Waals surface area contributed by atoms with Gasteiger partial charge in [-0.3, -0.25) is 0 Å². The maximum Gasteiger partial charge on any atom is 0.338 e. The highest BCUT2D eigenvalue weighted by Crippen LogP contribution is 2.30. The van der Waals surface area contributed by atoms with Crippen LogP contribution in [-0.2, 0) is 9.84 Å². The van der Waals surface area contributed by atoms with Crippen LogP contribution in [0.4, 0.5) is 15.8 Å².